The molecular weight excluding hydrogens is 284 g/mol. The summed E-state index contributed by atoms with van der Waals surface area (Å²) in [6.45, 7) is 6.87. The first kappa shape index (κ1) is 16.3. The topological polar surface area (TPSA) is 63.4 Å². The van der Waals surface area contributed by atoms with Crippen LogP contribution in [0.3, 0.4) is 0 Å². The molecular formula is C13H21ClN2O2S. The van der Waals surface area contributed by atoms with Gasteiger partial charge in [0.2, 0.25) is 10.0 Å². The molecule has 0 aliphatic heterocycles. The number of sulfonamides is 1. The van der Waals surface area contributed by atoms with Gasteiger partial charge in [0.1, 0.15) is 0 Å². The minimum Gasteiger partial charge on any atom is -0.398 e. The number of nitrogens with zero attached hydrogens (tertiary/aromatic N) is 1. The van der Waals surface area contributed by atoms with E-state index in [0.717, 1.165) is 6.42 Å². The van der Waals surface area contributed by atoms with Gasteiger partial charge in [-0.3, -0.25) is 0 Å². The first-order valence-corrected chi connectivity index (χ1v) is 8.19. The summed E-state index contributed by atoms with van der Waals surface area (Å²) in [5, 5.41) is 0.265. The van der Waals surface area contributed by atoms with E-state index >= 15 is 0 Å². The molecule has 4 nitrogen and oxygen atoms in total. The highest BCUT2D eigenvalue weighted by molar-refractivity contribution is 7.89. The summed E-state index contributed by atoms with van der Waals surface area (Å²) in [7, 11) is -3.50. The van der Waals surface area contributed by atoms with E-state index in [2.05, 4.69) is 0 Å². The number of benzene rings is 1. The van der Waals surface area contributed by atoms with Crippen LogP contribution in [0.25, 0.3) is 0 Å². The van der Waals surface area contributed by atoms with Crippen LogP contribution in [-0.2, 0) is 10.0 Å². The maximum absolute atomic E-state index is 12.5. The van der Waals surface area contributed by atoms with E-state index in [1.807, 2.05) is 20.8 Å². The second kappa shape index (κ2) is 6.59. The molecule has 19 heavy (non-hydrogen) atoms. The summed E-state index contributed by atoms with van der Waals surface area (Å²) >= 11 is 5.89. The van der Waals surface area contributed by atoms with Gasteiger partial charge in [-0.1, -0.05) is 38.8 Å². The van der Waals surface area contributed by atoms with Crippen molar-refractivity contribution in [3.63, 3.8) is 0 Å². The third kappa shape index (κ3) is 3.84. The van der Waals surface area contributed by atoms with E-state index in [0.29, 0.717) is 24.7 Å². The van der Waals surface area contributed by atoms with Gasteiger partial charge in [-0.25, -0.2) is 8.42 Å². The highest BCUT2D eigenvalue weighted by Crippen LogP contribution is 2.25. The summed E-state index contributed by atoms with van der Waals surface area (Å²) in [6, 6.07) is 4.42. The molecule has 1 aromatic carbocycles. The number of nitrogen functional groups attached to an aromatic ring is 1. The zero-order chi connectivity index (χ0) is 14.6. The van der Waals surface area contributed by atoms with Crippen molar-refractivity contribution in [3.05, 3.63) is 23.2 Å². The number of halogens is 1. The predicted molar refractivity (Wildman–Crippen MR) is 79.8 cm³/mol. The van der Waals surface area contributed by atoms with E-state index < -0.39 is 10.0 Å². The van der Waals surface area contributed by atoms with Crippen LogP contribution in [0, 0.1) is 5.92 Å². The Balaban J connectivity index is 3.09. The lowest BCUT2D eigenvalue weighted by molar-refractivity contribution is 0.361. The van der Waals surface area contributed by atoms with E-state index in [1.54, 1.807) is 0 Å². The molecule has 0 bridgehead atoms. The number of nitrogens with two attached hydrogens (primary N) is 1. The lowest BCUT2D eigenvalue weighted by Gasteiger charge is -2.23. The van der Waals surface area contributed by atoms with Crippen LogP contribution in [0.5, 0.6) is 0 Å². The van der Waals surface area contributed by atoms with Gasteiger partial charge in [0.05, 0.1) is 15.6 Å². The fraction of sp³-hybridized carbons (Fsp3) is 0.538. The first-order chi connectivity index (χ1) is 8.82. The average Bonchev–Trinajstić information content (AvgIpc) is 2.38. The summed E-state index contributed by atoms with van der Waals surface area (Å²) in [5.74, 6) is 0.318. The molecule has 0 amide bonds. The predicted octanol–water partition coefficient (Wildman–Crippen LogP) is 2.98. The second-order valence-corrected chi connectivity index (χ2v) is 7.00. The third-order valence-electron chi connectivity index (χ3n) is 3.17. The molecule has 1 rings (SSSR count). The number of hydrogen-bond donors (Lipinski definition) is 1. The molecule has 0 aliphatic rings. The second-order valence-electron chi connectivity index (χ2n) is 4.65. The van der Waals surface area contributed by atoms with Crippen molar-refractivity contribution >= 4 is 27.3 Å². The Morgan fingerprint density at radius 3 is 2.47 bits per heavy atom. The van der Waals surface area contributed by atoms with Gasteiger partial charge in [-0.2, -0.15) is 4.31 Å². The van der Waals surface area contributed by atoms with Crippen LogP contribution >= 0.6 is 11.6 Å². The van der Waals surface area contributed by atoms with Crippen molar-refractivity contribution in [1.29, 1.82) is 0 Å². The first-order valence-electron chi connectivity index (χ1n) is 6.38. The normalized spacial score (nSPS) is 13.7. The molecule has 2 N–H and O–H groups in total. The largest absolute Gasteiger partial charge is 0.398 e. The molecule has 1 unspecified atom stereocenters. The molecule has 0 saturated carbocycles. The molecule has 1 aromatic rings. The van der Waals surface area contributed by atoms with Gasteiger partial charge >= 0.3 is 0 Å². The highest BCUT2D eigenvalue weighted by Gasteiger charge is 2.24. The minimum absolute atomic E-state index is 0.192. The van der Waals surface area contributed by atoms with Crippen LogP contribution in [0.2, 0.25) is 5.02 Å². The van der Waals surface area contributed by atoms with Gasteiger partial charge in [-0.05, 0) is 24.1 Å². The number of anilines is 1. The Hall–Kier alpha value is -0.780. The zero-order valence-corrected chi connectivity index (χ0v) is 13.1. The molecule has 0 aliphatic carbocycles. The molecule has 6 heteroatoms. The van der Waals surface area contributed by atoms with Gasteiger partial charge in [0.15, 0.2) is 0 Å². The van der Waals surface area contributed by atoms with Crippen LogP contribution in [-0.4, -0.2) is 25.8 Å². The van der Waals surface area contributed by atoms with Crippen LogP contribution < -0.4 is 5.73 Å². The Morgan fingerprint density at radius 1 is 1.37 bits per heavy atom. The van der Waals surface area contributed by atoms with Gasteiger partial charge in [0.25, 0.3) is 0 Å². The Labute approximate surface area is 120 Å². The van der Waals surface area contributed by atoms with E-state index in [-0.39, 0.29) is 9.92 Å². The SMILES string of the molecule is CCC(C)CN(CC)S(=O)(=O)c1ccc(N)c(Cl)c1. The molecule has 0 aromatic heterocycles. The van der Waals surface area contributed by atoms with Crippen LogP contribution in [0.4, 0.5) is 5.69 Å². The molecule has 0 spiro atoms. The Bertz CT molecular complexity index is 531. The van der Waals surface area contributed by atoms with Crippen molar-refractivity contribution in [2.45, 2.75) is 32.1 Å². The molecule has 0 saturated heterocycles. The Kier molecular flexibility index (Phi) is 5.64. The number of hydrogen-bond acceptors (Lipinski definition) is 3. The summed E-state index contributed by atoms with van der Waals surface area (Å²) in [4.78, 5) is 0.192. The van der Waals surface area contributed by atoms with Gasteiger partial charge < -0.3 is 5.73 Å². The third-order valence-corrected chi connectivity index (χ3v) is 5.44. The smallest absolute Gasteiger partial charge is 0.243 e. The van der Waals surface area contributed by atoms with E-state index in [4.69, 9.17) is 17.3 Å². The summed E-state index contributed by atoms with van der Waals surface area (Å²) < 4.78 is 26.5. The average molecular weight is 305 g/mol. The quantitative estimate of drug-likeness (QED) is 0.822. The highest BCUT2D eigenvalue weighted by atomic mass is 35.5. The summed E-state index contributed by atoms with van der Waals surface area (Å²) in [6.07, 6.45) is 0.939. The fourth-order valence-corrected chi connectivity index (χ4v) is 3.53. The molecule has 0 fully saturated rings. The summed E-state index contributed by atoms with van der Waals surface area (Å²) in [5.41, 5.74) is 5.98. The van der Waals surface area contributed by atoms with E-state index in [1.165, 1.54) is 22.5 Å². The molecule has 0 radical (unpaired) electrons. The maximum atomic E-state index is 12.5. The van der Waals surface area contributed by atoms with Crippen molar-refractivity contribution in [2.24, 2.45) is 5.92 Å². The van der Waals surface area contributed by atoms with Crippen molar-refractivity contribution < 1.29 is 8.42 Å². The fourth-order valence-electron chi connectivity index (χ4n) is 1.69. The van der Waals surface area contributed by atoms with Crippen LogP contribution in [0.1, 0.15) is 27.2 Å². The van der Waals surface area contributed by atoms with Crippen molar-refractivity contribution in [1.82, 2.24) is 4.31 Å². The minimum atomic E-state index is -3.50. The van der Waals surface area contributed by atoms with Crippen molar-refractivity contribution in [2.75, 3.05) is 18.8 Å². The van der Waals surface area contributed by atoms with Crippen LogP contribution in [0.15, 0.2) is 23.1 Å². The van der Waals surface area contributed by atoms with E-state index in [9.17, 15) is 8.42 Å². The lowest BCUT2D eigenvalue weighted by Crippen LogP contribution is -2.34. The van der Waals surface area contributed by atoms with Crippen molar-refractivity contribution in [3.8, 4) is 0 Å². The Morgan fingerprint density at radius 2 is 2.00 bits per heavy atom. The monoisotopic (exact) mass is 304 g/mol. The molecule has 108 valence electrons. The van der Waals surface area contributed by atoms with Gasteiger partial charge in [0, 0.05) is 13.1 Å². The molecule has 0 heterocycles. The lowest BCUT2D eigenvalue weighted by atomic mass is 10.1. The number of rotatable bonds is 6. The standard InChI is InChI=1S/C13H21ClN2O2S/c1-4-10(3)9-16(5-2)19(17,18)11-6-7-13(15)12(14)8-11/h6-8,10H,4-5,9,15H2,1-3H3. The molecule has 1 atom stereocenters. The maximum Gasteiger partial charge on any atom is 0.243 e. The van der Waals surface area contributed by atoms with Gasteiger partial charge in [-0.15, -0.1) is 0 Å². The zero-order valence-electron chi connectivity index (χ0n) is 11.6.